The van der Waals surface area contributed by atoms with Gasteiger partial charge in [0.2, 0.25) is 5.91 Å². The molecule has 3 N–H and O–H groups in total. The Balaban J connectivity index is 1.55. The number of nitrogens with zero attached hydrogens (tertiary/aromatic N) is 2. The number of anilines is 1. The van der Waals surface area contributed by atoms with Crippen molar-refractivity contribution in [3.63, 3.8) is 0 Å². The molecule has 0 radical (unpaired) electrons. The Hall–Kier alpha value is -2.70. The van der Waals surface area contributed by atoms with E-state index in [0.29, 0.717) is 13.2 Å². The van der Waals surface area contributed by atoms with E-state index < -0.39 is 6.04 Å². The zero-order chi connectivity index (χ0) is 18.8. The van der Waals surface area contributed by atoms with Gasteiger partial charge in [-0.05, 0) is 43.0 Å². The highest BCUT2D eigenvalue weighted by Crippen LogP contribution is 2.26. The number of nitrogens with two attached hydrogens (primary N) is 1. The van der Waals surface area contributed by atoms with E-state index in [1.165, 1.54) is 0 Å². The van der Waals surface area contributed by atoms with Crippen LogP contribution in [-0.2, 0) is 16.6 Å². The van der Waals surface area contributed by atoms with Gasteiger partial charge in [0.05, 0.1) is 17.1 Å². The molecule has 2 aromatic carbocycles. The molecule has 0 aliphatic carbocycles. The summed E-state index contributed by atoms with van der Waals surface area (Å²) in [5.41, 5.74) is 9.88. The molecule has 27 heavy (non-hydrogen) atoms. The third-order valence-corrected chi connectivity index (χ3v) is 5.25. The lowest BCUT2D eigenvalue weighted by molar-refractivity contribution is -0.119. The van der Waals surface area contributed by atoms with E-state index in [1.54, 1.807) is 0 Å². The number of hydrogen-bond donors (Lipinski definition) is 2. The first kappa shape index (κ1) is 17.7. The summed E-state index contributed by atoms with van der Waals surface area (Å²) < 4.78 is 7.41. The number of aryl methyl sites for hydroxylation is 1. The summed E-state index contributed by atoms with van der Waals surface area (Å²) in [4.78, 5) is 17.3. The van der Waals surface area contributed by atoms with Gasteiger partial charge in [-0.3, -0.25) is 4.79 Å². The van der Waals surface area contributed by atoms with Crippen molar-refractivity contribution in [3.8, 4) is 11.4 Å². The first-order valence-corrected chi connectivity index (χ1v) is 9.29. The van der Waals surface area contributed by atoms with Crippen LogP contribution in [0.1, 0.15) is 12.8 Å². The monoisotopic (exact) mass is 364 g/mol. The molecule has 1 fully saturated rings. The van der Waals surface area contributed by atoms with Gasteiger partial charge < -0.3 is 20.4 Å². The van der Waals surface area contributed by atoms with E-state index in [9.17, 15) is 4.79 Å². The number of ether oxygens (including phenoxy) is 1. The molecule has 1 aliphatic heterocycles. The molecule has 1 unspecified atom stereocenters. The van der Waals surface area contributed by atoms with Crippen LogP contribution in [0.2, 0.25) is 0 Å². The maximum Gasteiger partial charge on any atom is 0.241 e. The van der Waals surface area contributed by atoms with Crippen molar-refractivity contribution in [2.24, 2.45) is 18.7 Å². The minimum absolute atomic E-state index is 0.149. The van der Waals surface area contributed by atoms with Gasteiger partial charge >= 0.3 is 0 Å². The fraction of sp³-hybridized carbons (Fsp3) is 0.333. The van der Waals surface area contributed by atoms with E-state index >= 15 is 0 Å². The Morgan fingerprint density at radius 3 is 2.78 bits per heavy atom. The summed E-state index contributed by atoms with van der Waals surface area (Å²) in [5, 5.41) is 2.96. The fourth-order valence-corrected chi connectivity index (χ4v) is 3.65. The molecule has 1 aliphatic rings. The van der Waals surface area contributed by atoms with Gasteiger partial charge in [0.1, 0.15) is 5.82 Å². The Morgan fingerprint density at radius 2 is 2.00 bits per heavy atom. The highest BCUT2D eigenvalue weighted by molar-refractivity contribution is 5.95. The van der Waals surface area contributed by atoms with Gasteiger partial charge in [-0.25, -0.2) is 4.98 Å². The molecule has 1 saturated heterocycles. The average molecular weight is 364 g/mol. The second-order valence-corrected chi connectivity index (χ2v) is 7.03. The number of hydrogen-bond acceptors (Lipinski definition) is 4. The summed E-state index contributed by atoms with van der Waals surface area (Å²) in [6.07, 6.45) is 1.66. The maximum atomic E-state index is 12.6. The minimum atomic E-state index is -0.520. The molecule has 1 amide bonds. The summed E-state index contributed by atoms with van der Waals surface area (Å²) in [6.45, 7) is 1.35. The number of para-hydroxylation sites is 2. The lowest BCUT2D eigenvalue weighted by atomic mass is 9.92. The van der Waals surface area contributed by atoms with Crippen LogP contribution in [0.5, 0.6) is 0 Å². The third-order valence-electron chi connectivity index (χ3n) is 5.25. The van der Waals surface area contributed by atoms with Crippen molar-refractivity contribution in [3.05, 3.63) is 48.5 Å². The number of benzene rings is 2. The molecule has 1 atom stereocenters. The lowest BCUT2D eigenvalue weighted by Crippen LogP contribution is -2.44. The largest absolute Gasteiger partial charge is 0.381 e. The zero-order valence-corrected chi connectivity index (χ0v) is 15.4. The van der Waals surface area contributed by atoms with Gasteiger partial charge in [-0.2, -0.15) is 0 Å². The van der Waals surface area contributed by atoms with Gasteiger partial charge in [0, 0.05) is 31.5 Å². The molecule has 0 saturated carbocycles. The Morgan fingerprint density at radius 1 is 1.22 bits per heavy atom. The first-order valence-electron chi connectivity index (χ1n) is 9.29. The standard InChI is InChI=1S/C21H24N4O2/c1-25-18-8-3-2-7-17(18)24-20(25)15-5-4-6-16(13-15)23-21(26)19(22)14-9-11-27-12-10-14/h2-8,13-14,19H,9-12,22H2,1H3,(H,23,26). The van der Waals surface area contributed by atoms with Crippen molar-refractivity contribution in [1.29, 1.82) is 0 Å². The number of carbonyl (C=O) groups excluding carboxylic acids is 1. The smallest absolute Gasteiger partial charge is 0.241 e. The van der Waals surface area contributed by atoms with E-state index in [-0.39, 0.29) is 11.8 Å². The molecule has 6 nitrogen and oxygen atoms in total. The molecule has 1 aromatic heterocycles. The number of aromatic nitrogens is 2. The minimum Gasteiger partial charge on any atom is -0.381 e. The maximum absolute atomic E-state index is 12.6. The first-order chi connectivity index (χ1) is 13.1. The van der Waals surface area contributed by atoms with Crippen molar-refractivity contribution in [2.45, 2.75) is 18.9 Å². The van der Waals surface area contributed by atoms with E-state index in [2.05, 4.69) is 9.88 Å². The normalized spacial score (nSPS) is 16.4. The predicted octanol–water partition coefficient (Wildman–Crippen LogP) is 2.93. The van der Waals surface area contributed by atoms with Gasteiger partial charge in [-0.15, -0.1) is 0 Å². The van der Waals surface area contributed by atoms with Crippen molar-refractivity contribution >= 4 is 22.6 Å². The van der Waals surface area contributed by atoms with Crippen molar-refractivity contribution in [1.82, 2.24) is 9.55 Å². The van der Waals surface area contributed by atoms with Crippen LogP contribution in [0.3, 0.4) is 0 Å². The van der Waals surface area contributed by atoms with Gasteiger partial charge in [0.25, 0.3) is 0 Å². The van der Waals surface area contributed by atoms with Crippen LogP contribution in [0, 0.1) is 5.92 Å². The highest BCUT2D eigenvalue weighted by Gasteiger charge is 2.26. The lowest BCUT2D eigenvalue weighted by Gasteiger charge is -2.26. The molecule has 140 valence electrons. The van der Waals surface area contributed by atoms with Crippen LogP contribution >= 0.6 is 0 Å². The van der Waals surface area contributed by atoms with Crippen LogP contribution < -0.4 is 11.1 Å². The Bertz CT molecular complexity index is 960. The van der Waals surface area contributed by atoms with Crippen LogP contribution in [0.15, 0.2) is 48.5 Å². The molecule has 6 heteroatoms. The van der Waals surface area contributed by atoms with E-state index in [1.807, 2.05) is 55.6 Å². The number of fused-ring (bicyclic) bond motifs is 1. The number of nitrogens with one attached hydrogen (secondary N) is 1. The summed E-state index contributed by atoms with van der Waals surface area (Å²) in [5.74, 6) is 0.881. The molecule has 0 spiro atoms. The summed E-state index contributed by atoms with van der Waals surface area (Å²) in [7, 11) is 2.00. The second kappa shape index (κ2) is 7.50. The molecule has 4 rings (SSSR count). The summed E-state index contributed by atoms with van der Waals surface area (Å²) in [6, 6.07) is 15.2. The van der Waals surface area contributed by atoms with E-state index in [0.717, 1.165) is 41.0 Å². The Labute approximate surface area is 158 Å². The molecular weight excluding hydrogens is 340 g/mol. The quantitative estimate of drug-likeness (QED) is 0.746. The summed E-state index contributed by atoms with van der Waals surface area (Å²) >= 11 is 0. The second-order valence-electron chi connectivity index (χ2n) is 7.03. The third kappa shape index (κ3) is 3.59. The van der Waals surface area contributed by atoms with Crippen LogP contribution in [0.4, 0.5) is 5.69 Å². The molecule has 2 heterocycles. The number of imidazole rings is 1. The van der Waals surface area contributed by atoms with Crippen LogP contribution in [0.25, 0.3) is 22.4 Å². The zero-order valence-electron chi connectivity index (χ0n) is 15.4. The molecular formula is C21H24N4O2. The van der Waals surface area contributed by atoms with E-state index in [4.69, 9.17) is 15.5 Å². The van der Waals surface area contributed by atoms with Gasteiger partial charge in [0.15, 0.2) is 0 Å². The molecule has 0 bridgehead atoms. The number of amides is 1. The van der Waals surface area contributed by atoms with Crippen molar-refractivity contribution < 1.29 is 9.53 Å². The topological polar surface area (TPSA) is 82.2 Å². The molecule has 3 aromatic rings. The van der Waals surface area contributed by atoms with Gasteiger partial charge in [-0.1, -0.05) is 24.3 Å². The predicted molar refractivity (Wildman–Crippen MR) is 106 cm³/mol. The average Bonchev–Trinajstić information content (AvgIpc) is 3.05. The van der Waals surface area contributed by atoms with Crippen LogP contribution in [-0.4, -0.2) is 34.7 Å². The fourth-order valence-electron chi connectivity index (χ4n) is 3.65. The number of carbonyl (C=O) groups is 1. The highest BCUT2D eigenvalue weighted by atomic mass is 16.5. The SMILES string of the molecule is Cn1c(-c2cccc(NC(=O)C(N)C3CCOCC3)c2)nc2ccccc21. The Kier molecular flexibility index (Phi) is 4.92. The number of rotatable bonds is 4. The van der Waals surface area contributed by atoms with Crippen molar-refractivity contribution in [2.75, 3.05) is 18.5 Å².